The van der Waals surface area contributed by atoms with Gasteiger partial charge in [0.25, 0.3) is 0 Å². The molecule has 1 N–H and O–H groups in total. The van der Waals surface area contributed by atoms with Gasteiger partial charge in [-0.2, -0.15) is 0 Å². The van der Waals surface area contributed by atoms with Crippen LogP contribution in [0.4, 0.5) is 0 Å². The van der Waals surface area contributed by atoms with Gasteiger partial charge in [0.2, 0.25) is 5.91 Å². The van der Waals surface area contributed by atoms with E-state index < -0.39 is 0 Å². The molecule has 0 bridgehead atoms. The zero-order chi connectivity index (χ0) is 16.1. The Morgan fingerprint density at radius 2 is 1.83 bits per heavy atom. The number of benzene rings is 1. The van der Waals surface area contributed by atoms with Crippen LogP contribution in [0.15, 0.2) is 24.3 Å². The predicted octanol–water partition coefficient (Wildman–Crippen LogP) is 3.49. The standard InChI is InChI=1S/C17H23N3OS.2ClH/c1-12-5-7-14(8-6-12)17-15(22-13(2)19-17)11-16(21)20(4)10-9-18-3;;/h5-8,18H,9-11H2,1-4H3;2*1H. The lowest BCUT2D eigenvalue weighted by molar-refractivity contribution is -0.129. The number of amides is 1. The number of hydrogen-bond acceptors (Lipinski definition) is 4. The minimum absolute atomic E-state index is 0. The lowest BCUT2D eigenvalue weighted by Crippen LogP contribution is -2.33. The molecule has 134 valence electrons. The Morgan fingerprint density at radius 3 is 2.42 bits per heavy atom. The highest BCUT2D eigenvalue weighted by molar-refractivity contribution is 7.12. The van der Waals surface area contributed by atoms with Crippen LogP contribution in [0.1, 0.15) is 15.4 Å². The predicted molar refractivity (Wildman–Crippen MR) is 107 cm³/mol. The molecule has 4 nitrogen and oxygen atoms in total. The van der Waals surface area contributed by atoms with Crippen LogP contribution in [-0.2, 0) is 11.2 Å². The van der Waals surface area contributed by atoms with E-state index in [9.17, 15) is 4.79 Å². The van der Waals surface area contributed by atoms with Crippen LogP contribution in [0.5, 0.6) is 0 Å². The van der Waals surface area contributed by atoms with Crippen molar-refractivity contribution in [3.63, 3.8) is 0 Å². The number of rotatable bonds is 6. The molecule has 0 unspecified atom stereocenters. The number of carbonyl (C=O) groups excluding carboxylic acids is 1. The SMILES string of the molecule is CNCCN(C)C(=O)Cc1sc(C)nc1-c1ccc(C)cc1.Cl.Cl. The molecule has 1 aromatic carbocycles. The molecule has 24 heavy (non-hydrogen) atoms. The number of carbonyl (C=O) groups is 1. The summed E-state index contributed by atoms with van der Waals surface area (Å²) >= 11 is 1.61. The Balaban J connectivity index is 0.00000264. The Kier molecular flexibility index (Phi) is 10.2. The van der Waals surface area contributed by atoms with E-state index in [2.05, 4.69) is 41.5 Å². The van der Waals surface area contributed by atoms with Crippen molar-refractivity contribution < 1.29 is 4.79 Å². The van der Waals surface area contributed by atoms with Crippen LogP contribution in [-0.4, -0.2) is 43.0 Å². The minimum Gasteiger partial charge on any atom is -0.344 e. The maximum absolute atomic E-state index is 12.3. The number of aryl methyl sites for hydroxylation is 2. The van der Waals surface area contributed by atoms with Crippen molar-refractivity contribution in [3.05, 3.63) is 39.7 Å². The summed E-state index contributed by atoms with van der Waals surface area (Å²) in [7, 11) is 3.74. The molecule has 1 heterocycles. The molecule has 0 aliphatic heterocycles. The molecule has 0 aliphatic carbocycles. The van der Waals surface area contributed by atoms with Crippen LogP contribution in [0.25, 0.3) is 11.3 Å². The highest BCUT2D eigenvalue weighted by Gasteiger charge is 2.16. The van der Waals surface area contributed by atoms with E-state index in [1.54, 1.807) is 16.2 Å². The summed E-state index contributed by atoms with van der Waals surface area (Å²) in [4.78, 5) is 19.8. The average Bonchev–Trinajstić information content (AvgIpc) is 2.86. The molecule has 0 atom stereocenters. The topological polar surface area (TPSA) is 45.2 Å². The first kappa shape index (κ1) is 22.9. The fraction of sp³-hybridized carbons (Fsp3) is 0.412. The molecule has 0 saturated heterocycles. The number of halogens is 2. The van der Waals surface area contributed by atoms with Crippen molar-refractivity contribution in [2.45, 2.75) is 20.3 Å². The third-order valence-corrected chi connectivity index (χ3v) is 4.53. The third-order valence-electron chi connectivity index (χ3n) is 3.56. The summed E-state index contributed by atoms with van der Waals surface area (Å²) in [5.41, 5.74) is 3.24. The van der Waals surface area contributed by atoms with Crippen LogP contribution < -0.4 is 5.32 Å². The summed E-state index contributed by atoms with van der Waals surface area (Å²) < 4.78 is 0. The van der Waals surface area contributed by atoms with Gasteiger partial charge in [0, 0.05) is 30.6 Å². The molecule has 7 heteroatoms. The zero-order valence-electron chi connectivity index (χ0n) is 14.5. The largest absolute Gasteiger partial charge is 0.344 e. The van der Waals surface area contributed by atoms with Crippen LogP contribution in [0.3, 0.4) is 0 Å². The molecular weight excluding hydrogens is 365 g/mol. The first-order valence-corrected chi connectivity index (χ1v) is 8.25. The van der Waals surface area contributed by atoms with Gasteiger partial charge in [0.15, 0.2) is 0 Å². The molecule has 0 spiro atoms. The Morgan fingerprint density at radius 1 is 1.21 bits per heavy atom. The first-order valence-electron chi connectivity index (χ1n) is 7.43. The molecule has 2 rings (SSSR count). The fourth-order valence-electron chi connectivity index (χ4n) is 2.20. The Hall–Kier alpha value is -1.14. The van der Waals surface area contributed by atoms with Crippen LogP contribution in [0.2, 0.25) is 0 Å². The number of aromatic nitrogens is 1. The van der Waals surface area contributed by atoms with Crippen molar-refractivity contribution in [1.29, 1.82) is 0 Å². The Bertz CT molecular complexity index is 644. The van der Waals surface area contributed by atoms with Crippen molar-refractivity contribution in [3.8, 4) is 11.3 Å². The van der Waals surface area contributed by atoms with E-state index in [1.165, 1.54) is 5.56 Å². The molecule has 2 aromatic rings. The first-order chi connectivity index (χ1) is 10.5. The van der Waals surface area contributed by atoms with Crippen molar-refractivity contribution in [2.24, 2.45) is 0 Å². The van der Waals surface area contributed by atoms with E-state index >= 15 is 0 Å². The molecule has 0 saturated carbocycles. The maximum Gasteiger partial charge on any atom is 0.227 e. The average molecular weight is 390 g/mol. The molecular formula is C17H25Cl2N3OS. The van der Waals surface area contributed by atoms with Gasteiger partial charge in [0.1, 0.15) is 0 Å². The second kappa shape index (κ2) is 10.7. The second-order valence-corrected chi connectivity index (χ2v) is 6.75. The van der Waals surface area contributed by atoms with Gasteiger partial charge in [-0.3, -0.25) is 4.79 Å². The quantitative estimate of drug-likeness (QED) is 0.821. The highest BCUT2D eigenvalue weighted by atomic mass is 35.5. The van der Waals surface area contributed by atoms with Gasteiger partial charge < -0.3 is 10.2 Å². The van der Waals surface area contributed by atoms with Crippen LogP contribution in [0, 0.1) is 13.8 Å². The van der Waals surface area contributed by atoms with Gasteiger partial charge >= 0.3 is 0 Å². The highest BCUT2D eigenvalue weighted by Crippen LogP contribution is 2.29. The Labute approximate surface area is 160 Å². The van der Waals surface area contributed by atoms with E-state index in [0.717, 1.165) is 27.7 Å². The minimum atomic E-state index is 0. The number of nitrogens with one attached hydrogen (secondary N) is 1. The lowest BCUT2D eigenvalue weighted by atomic mass is 10.1. The summed E-state index contributed by atoms with van der Waals surface area (Å²) in [6, 6.07) is 8.30. The fourth-order valence-corrected chi connectivity index (χ4v) is 3.15. The van der Waals surface area contributed by atoms with Gasteiger partial charge in [-0.1, -0.05) is 29.8 Å². The number of thiazole rings is 1. The molecule has 0 radical (unpaired) electrons. The van der Waals surface area contributed by atoms with Gasteiger partial charge in [-0.15, -0.1) is 36.2 Å². The van der Waals surface area contributed by atoms with E-state index in [-0.39, 0.29) is 30.7 Å². The van der Waals surface area contributed by atoms with Gasteiger partial charge in [0.05, 0.1) is 17.1 Å². The summed E-state index contributed by atoms with van der Waals surface area (Å²) in [6.07, 6.45) is 0.412. The molecule has 1 amide bonds. The van der Waals surface area contributed by atoms with Gasteiger partial charge in [-0.05, 0) is 20.9 Å². The van der Waals surface area contributed by atoms with E-state index in [0.29, 0.717) is 13.0 Å². The molecule has 0 aliphatic rings. The van der Waals surface area contributed by atoms with Gasteiger partial charge in [-0.25, -0.2) is 4.98 Å². The van der Waals surface area contributed by atoms with Crippen molar-refractivity contribution >= 4 is 42.1 Å². The second-order valence-electron chi connectivity index (χ2n) is 5.47. The van der Waals surface area contributed by atoms with E-state index in [1.807, 2.05) is 21.0 Å². The monoisotopic (exact) mass is 389 g/mol. The molecule has 1 aromatic heterocycles. The molecule has 0 fully saturated rings. The summed E-state index contributed by atoms with van der Waals surface area (Å²) in [6.45, 7) is 5.57. The summed E-state index contributed by atoms with van der Waals surface area (Å²) in [5, 5.41) is 4.06. The number of likely N-dealkylation sites (N-methyl/N-ethyl adjacent to an activating group) is 2. The van der Waals surface area contributed by atoms with Crippen molar-refractivity contribution in [2.75, 3.05) is 27.2 Å². The summed E-state index contributed by atoms with van der Waals surface area (Å²) in [5.74, 6) is 0.132. The smallest absolute Gasteiger partial charge is 0.227 e. The zero-order valence-corrected chi connectivity index (χ0v) is 16.9. The number of hydrogen-bond donors (Lipinski definition) is 1. The van der Waals surface area contributed by atoms with Crippen LogP contribution >= 0.6 is 36.2 Å². The number of nitrogens with zero attached hydrogens (tertiary/aromatic N) is 2. The lowest BCUT2D eigenvalue weighted by Gasteiger charge is -2.16. The normalized spacial score (nSPS) is 9.83. The third kappa shape index (κ3) is 6.06. The van der Waals surface area contributed by atoms with Crippen molar-refractivity contribution in [1.82, 2.24) is 15.2 Å². The maximum atomic E-state index is 12.3. The van der Waals surface area contributed by atoms with E-state index in [4.69, 9.17) is 0 Å².